The molecule has 2 aliphatic heterocycles. The van der Waals surface area contributed by atoms with Crippen molar-refractivity contribution >= 4 is 11.6 Å². The first-order chi connectivity index (χ1) is 13.2. The smallest absolute Gasteiger partial charge is 0.194 e. The summed E-state index contributed by atoms with van der Waals surface area (Å²) in [4.78, 5) is 9.48. The number of guanidine groups is 1. The summed E-state index contributed by atoms with van der Waals surface area (Å²) in [5.74, 6) is 0.748. The summed E-state index contributed by atoms with van der Waals surface area (Å²) in [6, 6.07) is 6.73. The predicted octanol–water partition coefficient (Wildman–Crippen LogP) is 2.11. The third kappa shape index (κ3) is 5.11. The van der Waals surface area contributed by atoms with E-state index in [9.17, 15) is 4.39 Å². The number of methoxy groups -OCH3 is 1. The molecule has 2 aliphatic rings. The highest BCUT2D eigenvalue weighted by Crippen LogP contribution is 2.25. The lowest BCUT2D eigenvalue weighted by atomic mass is 9.94. The molecule has 0 bridgehead atoms. The second kappa shape index (κ2) is 9.37. The van der Waals surface area contributed by atoms with Gasteiger partial charge >= 0.3 is 0 Å². The van der Waals surface area contributed by atoms with Crippen LogP contribution in [0.1, 0.15) is 19.8 Å². The van der Waals surface area contributed by atoms with E-state index in [1.807, 2.05) is 12.1 Å². The van der Waals surface area contributed by atoms with Crippen LogP contribution in [0.25, 0.3) is 0 Å². The van der Waals surface area contributed by atoms with Crippen LogP contribution in [0.15, 0.2) is 29.3 Å². The lowest BCUT2D eigenvalue weighted by Crippen LogP contribution is -2.53. The van der Waals surface area contributed by atoms with Crippen molar-refractivity contribution in [2.24, 2.45) is 4.99 Å². The molecule has 27 heavy (non-hydrogen) atoms. The minimum atomic E-state index is -0.213. The Morgan fingerprint density at radius 3 is 2.44 bits per heavy atom. The average molecular weight is 378 g/mol. The van der Waals surface area contributed by atoms with Gasteiger partial charge in [-0.15, -0.1) is 0 Å². The fourth-order valence-electron chi connectivity index (χ4n) is 3.64. The number of nitrogens with one attached hydrogen (secondary N) is 1. The molecule has 0 atom stereocenters. The minimum Gasteiger partial charge on any atom is -0.381 e. The average Bonchev–Trinajstić information content (AvgIpc) is 2.72. The number of anilines is 1. The number of hydrogen-bond acceptors (Lipinski definition) is 4. The quantitative estimate of drug-likeness (QED) is 0.628. The molecule has 0 aliphatic carbocycles. The first-order valence-corrected chi connectivity index (χ1v) is 9.82. The molecule has 6 nitrogen and oxygen atoms in total. The molecule has 1 aromatic carbocycles. The van der Waals surface area contributed by atoms with Crippen LogP contribution in [0.4, 0.5) is 10.1 Å². The molecule has 7 heteroatoms. The van der Waals surface area contributed by atoms with Crippen LogP contribution in [-0.2, 0) is 9.47 Å². The highest BCUT2D eigenvalue weighted by Gasteiger charge is 2.32. The zero-order valence-corrected chi connectivity index (χ0v) is 16.4. The fourth-order valence-corrected chi connectivity index (χ4v) is 3.64. The summed E-state index contributed by atoms with van der Waals surface area (Å²) in [7, 11) is 1.77. The second-order valence-electron chi connectivity index (χ2n) is 7.12. The Morgan fingerprint density at radius 2 is 1.85 bits per heavy atom. The number of benzene rings is 1. The van der Waals surface area contributed by atoms with Crippen molar-refractivity contribution in [1.29, 1.82) is 0 Å². The van der Waals surface area contributed by atoms with Gasteiger partial charge in [0.25, 0.3) is 0 Å². The molecule has 1 N–H and O–H groups in total. The molecular formula is C20H31FN4O2. The van der Waals surface area contributed by atoms with Gasteiger partial charge in [0.1, 0.15) is 5.82 Å². The molecule has 1 aromatic rings. The molecule has 0 spiro atoms. The van der Waals surface area contributed by atoms with Gasteiger partial charge in [0.2, 0.25) is 0 Å². The van der Waals surface area contributed by atoms with Crippen LogP contribution in [-0.4, -0.2) is 76.1 Å². The second-order valence-corrected chi connectivity index (χ2v) is 7.12. The van der Waals surface area contributed by atoms with Crippen molar-refractivity contribution in [2.75, 3.05) is 64.5 Å². The van der Waals surface area contributed by atoms with Crippen molar-refractivity contribution in [1.82, 2.24) is 10.2 Å². The molecule has 2 heterocycles. The third-order valence-electron chi connectivity index (χ3n) is 5.46. The molecule has 0 aromatic heterocycles. The molecule has 2 saturated heterocycles. The molecule has 150 valence electrons. The normalized spacial score (nSPS) is 20.6. The molecule has 0 radical (unpaired) electrons. The van der Waals surface area contributed by atoms with Crippen molar-refractivity contribution < 1.29 is 13.9 Å². The van der Waals surface area contributed by atoms with Crippen LogP contribution in [0.5, 0.6) is 0 Å². The van der Waals surface area contributed by atoms with E-state index in [-0.39, 0.29) is 11.4 Å². The van der Waals surface area contributed by atoms with E-state index in [0.717, 1.165) is 70.4 Å². The summed E-state index contributed by atoms with van der Waals surface area (Å²) in [5.41, 5.74) is 0.855. The molecule has 2 fully saturated rings. The molecule has 0 amide bonds. The van der Waals surface area contributed by atoms with Gasteiger partial charge in [0.05, 0.1) is 12.1 Å². The predicted molar refractivity (Wildman–Crippen MR) is 106 cm³/mol. The van der Waals surface area contributed by atoms with E-state index in [0.29, 0.717) is 6.54 Å². The van der Waals surface area contributed by atoms with Gasteiger partial charge in [0, 0.05) is 71.6 Å². The number of halogens is 1. The van der Waals surface area contributed by atoms with Crippen molar-refractivity contribution in [3.8, 4) is 0 Å². The zero-order chi connectivity index (χ0) is 19.1. The van der Waals surface area contributed by atoms with E-state index in [2.05, 4.69) is 22.0 Å². The lowest BCUT2D eigenvalue weighted by molar-refractivity contribution is -0.0829. The van der Waals surface area contributed by atoms with Crippen LogP contribution in [0, 0.1) is 5.82 Å². The van der Waals surface area contributed by atoms with Crippen molar-refractivity contribution in [3.05, 3.63) is 30.1 Å². The molecular weight excluding hydrogens is 347 g/mol. The van der Waals surface area contributed by atoms with Gasteiger partial charge in [-0.05, 0) is 31.2 Å². The molecule has 3 rings (SSSR count). The van der Waals surface area contributed by atoms with Crippen molar-refractivity contribution in [2.45, 2.75) is 25.4 Å². The summed E-state index contributed by atoms with van der Waals surface area (Å²) in [5, 5.41) is 3.42. The van der Waals surface area contributed by atoms with Gasteiger partial charge in [-0.25, -0.2) is 4.39 Å². The zero-order valence-electron chi connectivity index (χ0n) is 16.4. The third-order valence-corrected chi connectivity index (χ3v) is 5.46. The van der Waals surface area contributed by atoms with Crippen LogP contribution in [0.3, 0.4) is 0 Å². The Kier molecular flexibility index (Phi) is 6.90. The van der Waals surface area contributed by atoms with Gasteiger partial charge < -0.3 is 24.6 Å². The Morgan fingerprint density at radius 1 is 1.19 bits per heavy atom. The number of piperazine rings is 1. The van der Waals surface area contributed by atoms with Crippen LogP contribution in [0.2, 0.25) is 0 Å². The Bertz CT molecular complexity index is 609. The van der Waals surface area contributed by atoms with Crippen molar-refractivity contribution in [3.63, 3.8) is 0 Å². The van der Waals surface area contributed by atoms with Crippen LogP contribution >= 0.6 is 0 Å². The SMILES string of the molecule is CCNC(=NCC1(OC)CCOCC1)N1CCN(c2ccc(F)cc2)CC1. The lowest BCUT2D eigenvalue weighted by Gasteiger charge is -2.39. The number of aliphatic imine (C=N–C) groups is 1. The van der Waals surface area contributed by atoms with Gasteiger partial charge in [0.15, 0.2) is 5.96 Å². The van der Waals surface area contributed by atoms with E-state index < -0.39 is 0 Å². The maximum absolute atomic E-state index is 13.1. The van der Waals surface area contributed by atoms with Gasteiger partial charge in [-0.1, -0.05) is 0 Å². The summed E-state index contributed by atoms with van der Waals surface area (Å²) in [6.45, 7) is 8.57. The van der Waals surface area contributed by atoms with E-state index in [1.165, 1.54) is 12.1 Å². The highest BCUT2D eigenvalue weighted by atomic mass is 19.1. The van der Waals surface area contributed by atoms with E-state index >= 15 is 0 Å². The maximum atomic E-state index is 13.1. The number of rotatable bonds is 5. The number of hydrogen-bond donors (Lipinski definition) is 1. The van der Waals surface area contributed by atoms with Gasteiger partial charge in [-0.3, -0.25) is 4.99 Å². The Labute approximate surface area is 161 Å². The fraction of sp³-hybridized carbons (Fsp3) is 0.650. The summed E-state index contributed by atoms with van der Waals surface area (Å²) < 4.78 is 24.4. The van der Waals surface area contributed by atoms with E-state index in [1.54, 1.807) is 7.11 Å². The van der Waals surface area contributed by atoms with Gasteiger partial charge in [-0.2, -0.15) is 0 Å². The standard InChI is InChI=1S/C20H31FN4O2/c1-3-22-19(23-16-20(26-2)8-14-27-15-9-20)25-12-10-24(11-13-25)18-6-4-17(21)5-7-18/h4-7H,3,8-16H2,1-2H3,(H,22,23). The minimum absolute atomic E-state index is 0.195. The number of ether oxygens (including phenoxy) is 2. The topological polar surface area (TPSA) is 49.3 Å². The van der Waals surface area contributed by atoms with E-state index in [4.69, 9.17) is 14.5 Å². The van der Waals surface area contributed by atoms with Crippen LogP contribution < -0.4 is 10.2 Å². The summed E-state index contributed by atoms with van der Waals surface area (Å²) >= 11 is 0. The summed E-state index contributed by atoms with van der Waals surface area (Å²) in [6.07, 6.45) is 1.76. The molecule has 0 unspecified atom stereocenters. The Hall–Kier alpha value is -1.86. The monoisotopic (exact) mass is 378 g/mol. The largest absolute Gasteiger partial charge is 0.381 e. The Balaban J connectivity index is 1.61. The maximum Gasteiger partial charge on any atom is 0.194 e. The first-order valence-electron chi connectivity index (χ1n) is 9.82. The highest BCUT2D eigenvalue weighted by molar-refractivity contribution is 5.80. The molecule has 0 saturated carbocycles. The first kappa shape index (κ1) is 19.9. The number of nitrogens with zero attached hydrogens (tertiary/aromatic N) is 3.